The molecule has 0 saturated heterocycles. The van der Waals surface area contributed by atoms with E-state index in [1.165, 1.54) is 6.07 Å². The zero-order chi connectivity index (χ0) is 17.0. The van der Waals surface area contributed by atoms with E-state index in [1.54, 1.807) is 6.07 Å². The summed E-state index contributed by atoms with van der Waals surface area (Å²) in [5, 5.41) is 0.782. The highest BCUT2D eigenvalue weighted by Crippen LogP contribution is 2.25. The van der Waals surface area contributed by atoms with Crippen molar-refractivity contribution in [2.45, 2.75) is 47.0 Å². The molecule has 1 heterocycles. The lowest BCUT2D eigenvalue weighted by Crippen LogP contribution is -2.22. The van der Waals surface area contributed by atoms with Crippen LogP contribution in [0, 0.1) is 5.41 Å². The highest BCUT2D eigenvalue weighted by atomic mass is 16.5. The maximum Gasteiger partial charge on any atom is 0.336 e. The zero-order valence-electron chi connectivity index (χ0n) is 14.3. The van der Waals surface area contributed by atoms with E-state index in [4.69, 9.17) is 9.15 Å². The first-order valence-corrected chi connectivity index (χ1v) is 8.04. The van der Waals surface area contributed by atoms with Crippen LogP contribution in [0.3, 0.4) is 0 Å². The smallest absolute Gasteiger partial charge is 0.336 e. The summed E-state index contributed by atoms with van der Waals surface area (Å²) in [4.78, 5) is 24.1. The summed E-state index contributed by atoms with van der Waals surface area (Å²) in [6.45, 7) is 8.36. The van der Waals surface area contributed by atoms with Crippen molar-refractivity contribution in [1.82, 2.24) is 0 Å². The van der Waals surface area contributed by atoms with Crippen LogP contribution in [0.15, 0.2) is 33.5 Å². The molecule has 0 amide bonds. The molecule has 2 rings (SSSR count). The number of unbranched alkanes of at least 4 members (excludes halogenated alkanes) is 1. The van der Waals surface area contributed by atoms with Crippen LogP contribution in [0.25, 0.3) is 11.0 Å². The molecule has 0 radical (unpaired) electrons. The van der Waals surface area contributed by atoms with E-state index in [1.807, 2.05) is 32.9 Å². The minimum atomic E-state index is -0.445. The van der Waals surface area contributed by atoms with Crippen molar-refractivity contribution in [1.29, 1.82) is 0 Å². The van der Waals surface area contributed by atoms with E-state index in [0.29, 0.717) is 23.5 Å². The van der Waals surface area contributed by atoms with E-state index in [9.17, 15) is 9.59 Å². The molecule has 0 saturated carbocycles. The van der Waals surface area contributed by atoms with Crippen LogP contribution >= 0.6 is 0 Å². The zero-order valence-corrected chi connectivity index (χ0v) is 14.3. The molecule has 1 aromatic heterocycles. The van der Waals surface area contributed by atoms with E-state index in [-0.39, 0.29) is 12.2 Å². The lowest BCUT2D eigenvalue weighted by Gasteiger charge is -2.17. The third-order valence-corrected chi connectivity index (χ3v) is 3.76. The molecule has 0 spiro atoms. The van der Waals surface area contributed by atoms with E-state index < -0.39 is 11.0 Å². The Hall–Kier alpha value is -2.10. The fourth-order valence-electron chi connectivity index (χ4n) is 2.22. The monoisotopic (exact) mass is 316 g/mol. The lowest BCUT2D eigenvalue weighted by molar-refractivity contribution is -0.125. The number of hydrogen-bond donors (Lipinski definition) is 0. The number of rotatable bonds is 6. The highest BCUT2D eigenvalue weighted by molar-refractivity contribution is 5.91. The van der Waals surface area contributed by atoms with Gasteiger partial charge in [-0.15, -0.1) is 0 Å². The van der Waals surface area contributed by atoms with Crippen molar-refractivity contribution >= 4 is 16.8 Å². The Balaban J connectivity index is 2.35. The molecule has 0 aliphatic rings. The molecule has 4 nitrogen and oxygen atoms in total. The Morgan fingerprint density at radius 2 is 1.96 bits per heavy atom. The first-order chi connectivity index (χ1) is 10.8. The Morgan fingerprint density at radius 3 is 2.61 bits per heavy atom. The quantitative estimate of drug-likeness (QED) is 0.594. The molecule has 0 aliphatic carbocycles. The van der Waals surface area contributed by atoms with Crippen molar-refractivity contribution < 1.29 is 13.9 Å². The first kappa shape index (κ1) is 17.3. The Kier molecular flexibility index (Phi) is 5.24. The molecular weight excluding hydrogens is 292 g/mol. The largest absolute Gasteiger partial charge is 0.493 e. The minimum Gasteiger partial charge on any atom is -0.493 e. The van der Waals surface area contributed by atoms with Crippen LogP contribution in [0.2, 0.25) is 0 Å². The van der Waals surface area contributed by atoms with Gasteiger partial charge in [-0.05, 0) is 24.1 Å². The second-order valence-corrected chi connectivity index (χ2v) is 6.80. The van der Waals surface area contributed by atoms with Crippen LogP contribution in [-0.4, -0.2) is 12.4 Å². The number of hydrogen-bond acceptors (Lipinski definition) is 4. The van der Waals surface area contributed by atoms with Gasteiger partial charge in [-0.3, -0.25) is 4.79 Å². The minimum absolute atomic E-state index is 0.0904. The number of fused-ring (bicyclic) bond motifs is 1. The van der Waals surface area contributed by atoms with Gasteiger partial charge in [-0.1, -0.05) is 34.1 Å². The van der Waals surface area contributed by atoms with Crippen LogP contribution in [-0.2, 0) is 11.2 Å². The molecule has 0 aliphatic heterocycles. The van der Waals surface area contributed by atoms with Crippen LogP contribution in [0.5, 0.6) is 5.75 Å². The third kappa shape index (κ3) is 4.44. The maximum atomic E-state index is 12.3. The normalized spacial score (nSPS) is 11.7. The van der Waals surface area contributed by atoms with Gasteiger partial charge in [-0.25, -0.2) is 4.79 Å². The summed E-state index contributed by atoms with van der Waals surface area (Å²) in [6.07, 6.45) is 2.26. The van der Waals surface area contributed by atoms with Gasteiger partial charge in [0, 0.05) is 29.4 Å². The second-order valence-electron chi connectivity index (χ2n) is 6.80. The number of ketones is 1. The molecule has 1 aromatic carbocycles. The van der Waals surface area contributed by atoms with Crippen molar-refractivity contribution in [3.63, 3.8) is 0 Å². The average Bonchev–Trinajstić information content (AvgIpc) is 2.46. The summed E-state index contributed by atoms with van der Waals surface area (Å²) >= 11 is 0. The van der Waals surface area contributed by atoms with Crippen LogP contribution < -0.4 is 10.4 Å². The van der Waals surface area contributed by atoms with Gasteiger partial charge in [-0.2, -0.15) is 0 Å². The van der Waals surface area contributed by atoms with Crippen LogP contribution in [0.1, 0.15) is 46.1 Å². The molecule has 4 heteroatoms. The second kappa shape index (κ2) is 6.99. The Labute approximate surface area is 136 Å². The molecule has 124 valence electrons. The van der Waals surface area contributed by atoms with Gasteiger partial charge in [0.15, 0.2) is 0 Å². The predicted molar refractivity (Wildman–Crippen MR) is 91.1 cm³/mol. The summed E-state index contributed by atoms with van der Waals surface area (Å²) in [7, 11) is 0. The molecule has 0 atom stereocenters. The Morgan fingerprint density at radius 1 is 1.22 bits per heavy atom. The molecule has 0 N–H and O–H groups in total. The topological polar surface area (TPSA) is 56.5 Å². The SMILES string of the molecule is CCCCOc1ccc2c(CC(=O)C(C)(C)C)cc(=O)oc2c1. The maximum absolute atomic E-state index is 12.3. The standard InChI is InChI=1S/C19H24O4/c1-5-6-9-22-14-7-8-15-13(10-17(20)19(2,3)4)11-18(21)23-16(15)12-14/h7-8,11-12H,5-6,9-10H2,1-4H3. The molecular formula is C19H24O4. The Bertz CT molecular complexity index is 750. The molecule has 2 aromatic rings. The van der Waals surface area contributed by atoms with Gasteiger partial charge in [0.25, 0.3) is 0 Å². The number of Topliss-reactive ketones (excluding diaryl/α,β-unsaturated/α-hetero) is 1. The molecule has 23 heavy (non-hydrogen) atoms. The number of benzene rings is 1. The van der Waals surface area contributed by atoms with Crippen molar-refractivity contribution in [2.75, 3.05) is 6.61 Å². The van der Waals surface area contributed by atoms with Gasteiger partial charge < -0.3 is 9.15 Å². The third-order valence-electron chi connectivity index (χ3n) is 3.76. The summed E-state index contributed by atoms with van der Waals surface area (Å²) in [5.74, 6) is 0.765. The summed E-state index contributed by atoms with van der Waals surface area (Å²) < 4.78 is 10.9. The van der Waals surface area contributed by atoms with Crippen LogP contribution in [0.4, 0.5) is 0 Å². The average molecular weight is 316 g/mol. The van der Waals surface area contributed by atoms with Gasteiger partial charge >= 0.3 is 5.63 Å². The predicted octanol–water partition coefficient (Wildman–Crippen LogP) is 4.13. The first-order valence-electron chi connectivity index (χ1n) is 8.04. The van der Waals surface area contributed by atoms with Crippen molar-refractivity contribution in [3.05, 3.63) is 40.2 Å². The summed E-state index contributed by atoms with van der Waals surface area (Å²) in [5.41, 5.74) is 0.283. The molecule has 0 bridgehead atoms. The van der Waals surface area contributed by atoms with Gasteiger partial charge in [0.2, 0.25) is 0 Å². The fraction of sp³-hybridized carbons (Fsp3) is 0.474. The van der Waals surface area contributed by atoms with Gasteiger partial charge in [0.1, 0.15) is 17.1 Å². The number of carbonyl (C=O) groups is 1. The van der Waals surface area contributed by atoms with Crippen molar-refractivity contribution in [2.24, 2.45) is 5.41 Å². The number of carbonyl (C=O) groups excluding carboxylic acids is 1. The highest BCUT2D eigenvalue weighted by Gasteiger charge is 2.22. The van der Waals surface area contributed by atoms with Gasteiger partial charge in [0.05, 0.1) is 6.61 Å². The van der Waals surface area contributed by atoms with E-state index in [2.05, 4.69) is 6.92 Å². The molecule has 0 unspecified atom stereocenters. The van der Waals surface area contributed by atoms with Crippen molar-refractivity contribution in [3.8, 4) is 5.75 Å². The number of ether oxygens (including phenoxy) is 1. The lowest BCUT2D eigenvalue weighted by atomic mass is 9.86. The fourth-order valence-corrected chi connectivity index (χ4v) is 2.22. The molecule has 0 fully saturated rings. The van der Waals surface area contributed by atoms with E-state index in [0.717, 1.165) is 18.2 Å². The summed E-state index contributed by atoms with van der Waals surface area (Å²) in [6, 6.07) is 6.83. The van der Waals surface area contributed by atoms with E-state index >= 15 is 0 Å².